The number of carbonyl (C=O) groups excluding carboxylic acids is 1. The topological polar surface area (TPSA) is 101 Å². The van der Waals surface area contributed by atoms with Gasteiger partial charge in [-0.2, -0.15) is 0 Å². The van der Waals surface area contributed by atoms with Gasteiger partial charge < -0.3 is 20.7 Å². The summed E-state index contributed by atoms with van der Waals surface area (Å²) < 4.78 is 5.10. The molecule has 0 bridgehead atoms. The second-order valence-corrected chi connectivity index (χ2v) is 5.27. The number of nitrogens with zero attached hydrogens (tertiary/aromatic N) is 1. The zero-order valence-electron chi connectivity index (χ0n) is 11.5. The fourth-order valence-corrected chi connectivity index (χ4v) is 2.74. The summed E-state index contributed by atoms with van der Waals surface area (Å²) in [7, 11) is 0. The van der Waals surface area contributed by atoms with Crippen molar-refractivity contribution in [2.24, 2.45) is 10.9 Å². The summed E-state index contributed by atoms with van der Waals surface area (Å²) in [6.45, 7) is 0. The molecule has 6 heteroatoms. The van der Waals surface area contributed by atoms with Gasteiger partial charge in [0.25, 0.3) is 5.91 Å². The standard InChI is InChI=1S/C14H21N3O3/c15-13(17-19)14(8-4-2-1-3-5-9-14)16-12(18)11-7-6-10-20-11/h6-7,10,19H,1-5,8-9H2,(H2,15,17)(H,16,18). The Kier molecular flexibility index (Phi) is 4.65. The predicted octanol–water partition coefficient (Wildman–Crippen LogP) is 2.24. The molecule has 4 N–H and O–H groups in total. The summed E-state index contributed by atoms with van der Waals surface area (Å²) in [4.78, 5) is 12.2. The molecule has 0 unspecified atom stereocenters. The van der Waals surface area contributed by atoms with E-state index in [-0.39, 0.29) is 17.5 Å². The molecule has 1 fully saturated rings. The van der Waals surface area contributed by atoms with Gasteiger partial charge in [-0.15, -0.1) is 0 Å². The fraction of sp³-hybridized carbons (Fsp3) is 0.571. The summed E-state index contributed by atoms with van der Waals surface area (Å²) in [6, 6.07) is 3.25. The van der Waals surface area contributed by atoms with Crippen LogP contribution in [-0.2, 0) is 0 Å². The number of carbonyl (C=O) groups is 1. The Labute approximate surface area is 118 Å². The van der Waals surface area contributed by atoms with Gasteiger partial charge in [0.05, 0.1) is 6.26 Å². The molecule has 6 nitrogen and oxygen atoms in total. The smallest absolute Gasteiger partial charge is 0.287 e. The monoisotopic (exact) mass is 279 g/mol. The van der Waals surface area contributed by atoms with Crippen molar-refractivity contribution in [3.63, 3.8) is 0 Å². The maximum Gasteiger partial charge on any atom is 0.287 e. The van der Waals surface area contributed by atoms with Crippen LogP contribution in [0.25, 0.3) is 0 Å². The third-order valence-corrected chi connectivity index (χ3v) is 3.90. The lowest BCUT2D eigenvalue weighted by atomic mass is 9.82. The summed E-state index contributed by atoms with van der Waals surface area (Å²) in [6.07, 6.45) is 8.06. The number of rotatable bonds is 3. The molecule has 1 heterocycles. The van der Waals surface area contributed by atoms with Gasteiger partial charge in [-0.25, -0.2) is 0 Å². The molecule has 0 radical (unpaired) electrons. The van der Waals surface area contributed by atoms with Crippen molar-refractivity contribution >= 4 is 11.7 Å². The van der Waals surface area contributed by atoms with Crippen LogP contribution >= 0.6 is 0 Å². The second-order valence-electron chi connectivity index (χ2n) is 5.27. The Hall–Kier alpha value is -1.98. The first-order chi connectivity index (χ1) is 9.68. The normalized spacial score (nSPS) is 19.9. The maximum absolute atomic E-state index is 12.2. The molecule has 110 valence electrons. The number of nitrogens with one attached hydrogen (secondary N) is 1. The lowest BCUT2D eigenvalue weighted by Gasteiger charge is -2.34. The molecular weight excluding hydrogens is 258 g/mol. The van der Waals surface area contributed by atoms with E-state index < -0.39 is 5.54 Å². The van der Waals surface area contributed by atoms with Crippen molar-refractivity contribution in [3.8, 4) is 0 Å². The molecule has 1 aromatic heterocycles. The Morgan fingerprint density at radius 1 is 1.30 bits per heavy atom. The van der Waals surface area contributed by atoms with Crippen molar-refractivity contribution in [2.75, 3.05) is 0 Å². The van der Waals surface area contributed by atoms with Crippen molar-refractivity contribution < 1.29 is 14.4 Å². The van der Waals surface area contributed by atoms with Crippen LogP contribution in [0.15, 0.2) is 28.0 Å². The van der Waals surface area contributed by atoms with E-state index in [0.29, 0.717) is 12.8 Å². The van der Waals surface area contributed by atoms with E-state index in [2.05, 4.69) is 10.5 Å². The highest BCUT2D eigenvalue weighted by Gasteiger charge is 2.37. The average Bonchev–Trinajstić information content (AvgIpc) is 2.95. The van der Waals surface area contributed by atoms with Crippen LogP contribution in [0.4, 0.5) is 0 Å². The molecule has 1 saturated carbocycles. The van der Waals surface area contributed by atoms with Gasteiger partial charge in [0, 0.05) is 0 Å². The van der Waals surface area contributed by atoms with Crippen LogP contribution in [-0.4, -0.2) is 22.5 Å². The van der Waals surface area contributed by atoms with Crippen molar-refractivity contribution in [2.45, 2.75) is 50.5 Å². The van der Waals surface area contributed by atoms with Crippen LogP contribution in [0.5, 0.6) is 0 Å². The largest absolute Gasteiger partial charge is 0.459 e. The van der Waals surface area contributed by atoms with Gasteiger partial charge in [0.15, 0.2) is 11.6 Å². The Morgan fingerprint density at radius 2 is 1.95 bits per heavy atom. The first kappa shape index (κ1) is 14.4. The fourth-order valence-electron chi connectivity index (χ4n) is 2.74. The zero-order valence-corrected chi connectivity index (χ0v) is 11.5. The molecule has 0 aromatic carbocycles. The van der Waals surface area contributed by atoms with Gasteiger partial charge >= 0.3 is 0 Å². The zero-order chi connectivity index (χ0) is 14.4. The minimum Gasteiger partial charge on any atom is -0.459 e. The number of amides is 1. The van der Waals surface area contributed by atoms with Gasteiger partial charge in [-0.3, -0.25) is 4.79 Å². The number of oxime groups is 1. The maximum atomic E-state index is 12.2. The van der Waals surface area contributed by atoms with E-state index in [9.17, 15) is 4.79 Å². The third kappa shape index (κ3) is 3.12. The number of furan rings is 1. The number of amidine groups is 1. The highest BCUT2D eigenvalue weighted by molar-refractivity contribution is 5.98. The predicted molar refractivity (Wildman–Crippen MR) is 74.6 cm³/mol. The molecule has 0 saturated heterocycles. The molecule has 2 rings (SSSR count). The molecule has 0 aliphatic heterocycles. The molecular formula is C14H21N3O3. The summed E-state index contributed by atoms with van der Waals surface area (Å²) in [5, 5.41) is 15.1. The van der Waals surface area contributed by atoms with E-state index in [0.717, 1.165) is 25.7 Å². The van der Waals surface area contributed by atoms with Gasteiger partial charge in [0.2, 0.25) is 0 Å². The first-order valence-corrected chi connectivity index (χ1v) is 7.02. The first-order valence-electron chi connectivity index (χ1n) is 7.02. The van der Waals surface area contributed by atoms with E-state index in [1.54, 1.807) is 12.1 Å². The van der Waals surface area contributed by atoms with Crippen LogP contribution in [0.1, 0.15) is 55.5 Å². The highest BCUT2D eigenvalue weighted by Crippen LogP contribution is 2.27. The Bertz CT molecular complexity index is 460. The van der Waals surface area contributed by atoms with E-state index in [4.69, 9.17) is 15.4 Å². The lowest BCUT2D eigenvalue weighted by molar-refractivity contribution is 0.0882. The lowest BCUT2D eigenvalue weighted by Crippen LogP contribution is -2.57. The highest BCUT2D eigenvalue weighted by atomic mass is 16.4. The summed E-state index contributed by atoms with van der Waals surface area (Å²) in [5.74, 6) is -0.0290. The van der Waals surface area contributed by atoms with Gasteiger partial charge in [0.1, 0.15) is 5.54 Å². The van der Waals surface area contributed by atoms with Crippen LogP contribution in [0.3, 0.4) is 0 Å². The number of nitrogens with two attached hydrogens (primary N) is 1. The average molecular weight is 279 g/mol. The van der Waals surface area contributed by atoms with E-state index in [1.807, 2.05) is 0 Å². The molecule has 1 aliphatic rings. The summed E-state index contributed by atoms with van der Waals surface area (Å²) >= 11 is 0. The summed E-state index contributed by atoms with van der Waals surface area (Å²) in [5.41, 5.74) is 5.08. The number of hydrogen-bond acceptors (Lipinski definition) is 4. The third-order valence-electron chi connectivity index (χ3n) is 3.90. The van der Waals surface area contributed by atoms with E-state index >= 15 is 0 Å². The quantitative estimate of drug-likeness (QED) is 0.342. The van der Waals surface area contributed by atoms with Crippen molar-refractivity contribution in [1.82, 2.24) is 5.32 Å². The van der Waals surface area contributed by atoms with Crippen LogP contribution in [0, 0.1) is 0 Å². The van der Waals surface area contributed by atoms with Crippen LogP contribution in [0.2, 0.25) is 0 Å². The molecule has 20 heavy (non-hydrogen) atoms. The minimum absolute atomic E-state index is 0.0688. The van der Waals surface area contributed by atoms with Gasteiger partial charge in [-0.05, 0) is 25.0 Å². The minimum atomic E-state index is -0.779. The van der Waals surface area contributed by atoms with Crippen LogP contribution < -0.4 is 11.1 Å². The van der Waals surface area contributed by atoms with Crippen molar-refractivity contribution in [3.05, 3.63) is 24.2 Å². The Balaban J connectivity index is 2.19. The Morgan fingerprint density at radius 3 is 2.50 bits per heavy atom. The molecule has 0 spiro atoms. The molecule has 0 atom stereocenters. The van der Waals surface area contributed by atoms with E-state index in [1.165, 1.54) is 12.7 Å². The molecule has 1 aliphatic carbocycles. The molecule has 1 amide bonds. The second kappa shape index (κ2) is 6.45. The number of hydrogen-bond donors (Lipinski definition) is 3. The van der Waals surface area contributed by atoms with Gasteiger partial charge in [-0.1, -0.05) is 37.3 Å². The van der Waals surface area contributed by atoms with Crippen molar-refractivity contribution in [1.29, 1.82) is 0 Å². The SMILES string of the molecule is N/C(=N/O)C1(NC(=O)c2ccco2)CCCCCCC1. The molecule has 1 aromatic rings.